The van der Waals surface area contributed by atoms with Gasteiger partial charge in [0.15, 0.2) is 5.13 Å². The number of carbonyl (C=O) groups excluding carboxylic acids is 1. The van der Waals surface area contributed by atoms with Crippen LogP contribution < -0.4 is 4.90 Å². The fourth-order valence-corrected chi connectivity index (χ4v) is 4.24. The first-order valence-electron chi connectivity index (χ1n) is 8.36. The van der Waals surface area contributed by atoms with Gasteiger partial charge in [0.05, 0.1) is 27.9 Å². The number of thiazole rings is 1. The van der Waals surface area contributed by atoms with E-state index in [9.17, 15) is 9.18 Å². The molecule has 1 aromatic heterocycles. The largest absolute Gasteiger partial charge is 0.376 e. The predicted octanol–water partition coefficient (Wildman–Crippen LogP) is 4.91. The second kappa shape index (κ2) is 7.31. The molecule has 2 aromatic carbocycles. The van der Waals surface area contributed by atoms with E-state index >= 15 is 0 Å². The lowest BCUT2D eigenvalue weighted by Crippen LogP contribution is -2.37. The Morgan fingerprint density at radius 2 is 2.15 bits per heavy atom. The van der Waals surface area contributed by atoms with Crippen LogP contribution in [0.5, 0.6) is 0 Å². The average Bonchev–Trinajstić information content (AvgIpc) is 3.29. The van der Waals surface area contributed by atoms with Gasteiger partial charge in [-0.2, -0.15) is 0 Å². The highest BCUT2D eigenvalue weighted by molar-refractivity contribution is 7.22. The molecule has 0 radical (unpaired) electrons. The smallest absolute Gasteiger partial charge is 0.261 e. The molecule has 3 aromatic rings. The number of benzene rings is 2. The third kappa shape index (κ3) is 3.32. The zero-order chi connectivity index (χ0) is 18.1. The summed E-state index contributed by atoms with van der Waals surface area (Å²) in [5, 5.41) is 0.827. The first kappa shape index (κ1) is 17.4. The molecule has 134 valence electrons. The van der Waals surface area contributed by atoms with Gasteiger partial charge < -0.3 is 4.74 Å². The fraction of sp³-hybridized carbons (Fsp3) is 0.263. The zero-order valence-corrected chi connectivity index (χ0v) is 15.4. The molecule has 1 aliphatic rings. The van der Waals surface area contributed by atoms with Gasteiger partial charge in [0, 0.05) is 6.61 Å². The molecule has 0 bridgehead atoms. The van der Waals surface area contributed by atoms with Crippen LogP contribution in [0.3, 0.4) is 0 Å². The topological polar surface area (TPSA) is 42.4 Å². The summed E-state index contributed by atoms with van der Waals surface area (Å²) < 4.78 is 20.4. The summed E-state index contributed by atoms with van der Waals surface area (Å²) in [6.45, 7) is 1.05. The molecular weight excluding hydrogens is 375 g/mol. The Kier molecular flexibility index (Phi) is 4.89. The number of hydrogen-bond donors (Lipinski definition) is 0. The van der Waals surface area contributed by atoms with Gasteiger partial charge in [0.1, 0.15) is 11.3 Å². The SMILES string of the molecule is O=C(c1ccccc1Cl)N(CC1CCCO1)c1nc2c(F)cccc2s1. The summed E-state index contributed by atoms with van der Waals surface area (Å²) in [6, 6.07) is 11.7. The third-order valence-electron chi connectivity index (χ3n) is 4.35. The number of ether oxygens (including phenoxy) is 1. The minimum Gasteiger partial charge on any atom is -0.376 e. The number of carbonyl (C=O) groups is 1. The summed E-state index contributed by atoms with van der Waals surface area (Å²) >= 11 is 7.50. The van der Waals surface area contributed by atoms with Crippen molar-refractivity contribution in [3.05, 3.63) is 58.9 Å². The monoisotopic (exact) mass is 390 g/mol. The van der Waals surface area contributed by atoms with Crippen LogP contribution in [0.15, 0.2) is 42.5 Å². The molecule has 0 spiro atoms. The van der Waals surface area contributed by atoms with Crippen molar-refractivity contribution in [2.75, 3.05) is 18.1 Å². The molecule has 1 saturated heterocycles. The van der Waals surface area contributed by atoms with Crippen LogP contribution in [-0.4, -0.2) is 30.1 Å². The van der Waals surface area contributed by atoms with Crippen molar-refractivity contribution in [2.45, 2.75) is 18.9 Å². The molecule has 1 atom stereocenters. The first-order valence-corrected chi connectivity index (χ1v) is 9.56. The predicted molar refractivity (Wildman–Crippen MR) is 102 cm³/mol. The standard InChI is InChI=1S/C19H16ClFN2O2S/c20-14-7-2-1-6-13(14)18(24)23(11-12-5-4-10-25-12)19-22-17-15(21)8-3-9-16(17)26-19/h1-3,6-9,12H,4-5,10-11H2. The van der Waals surface area contributed by atoms with Crippen molar-refractivity contribution in [2.24, 2.45) is 0 Å². The van der Waals surface area contributed by atoms with Gasteiger partial charge in [-0.1, -0.05) is 41.1 Å². The quantitative estimate of drug-likeness (QED) is 0.635. The van der Waals surface area contributed by atoms with Crippen molar-refractivity contribution < 1.29 is 13.9 Å². The van der Waals surface area contributed by atoms with E-state index in [1.807, 2.05) is 0 Å². The lowest BCUT2D eigenvalue weighted by atomic mass is 10.1. The summed E-state index contributed by atoms with van der Waals surface area (Å²) in [7, 11) is 0. The van der Waals surface area contributed by atoms with Gasteiger partial charge in [0.2, 0.25) is 0 Å². The van der Waals surface area contributed by atoms with E-state index in [0.717, 1.165) is 12.8 Å². The van der Waals surface area contributed by atoms with E-state index in [1.165, 1.54) is 17.4 Å². The van der Waals surface area contributed by atoms with Gasteiger partial charge in [0.25, 0.3) is 5.91 Å². The van der Waals surface area contributed by atoms with Gasteiger partial charge >= 0.3 is 0 Å². The number of amides is 1. The molecule has 1 fully saturated rings. The van der Waals surface area contributed by atoms with Crippen molar-refractivity contribution in [3.8, 4) is 0 Å². The molecule has 1 unspecified atom stereocenters. The Morgan fingerprint density at radius 1 is 1.31 bits per heavy atom. The average molecular weight is 391 g/mol. The van der Waals surface area contributed by atoms with E-state index < -0.39 is 5.82 Å². The van der Waals surface area contributed by atoms with E-state index in [2.05, 4.69) is 4.98 Å². The molecule has 0 N–H and O–H groups in total. The highest BCUT2D eigenvalue weighted by Crippen LogP contribution is 2.32. The van der Waals surface area contributed by atoms with E-state index in [1.54, 1.807) is 41.3 Å². The summed E-state index contributed by atoms with van der Waals surface area (Å²) in [6.07, 6.45) is 1.79. The Morgan fingerprint density at radius 3 is 2.88 bits per heavy atom. The lowest BCUT2D eigenvalue weighted by Gasteiger charge is -2.23. The van der Waals surface area contributed by atoms with Gasteiger partial charge in [-0.15, -0.1) is 0 Å². The number of nitrogens with zero attached hydrogens (tertiary/aromatic N) is 2. The fourth-order valence-electron chi connectivity index (χ4n) is 3.04. The highest BCUT2D eigenvalue weighted by Gasteiger charge is 2.28. The van der Waals surface area contributed by atoms with Crippen LogP contribution in [-0.2, 0) is 4.74 Å². The number of para-hydroxylation sites is 1. The minimum absolute atomic E-state index is 0.0571. The molecule has 26 heavy (non-hydrogen) atoms. The Labute approximate surface area is 159 Å². The van der Waals surface area contributed by atoms with E-state index in [0.29, 0.717) is 33.6 Å². The first-order chi connectivity index (χ1) is 12.6. The van der Waals surface area contributed by atoms with Crippen LogP contribution >= 0.6 is 22.9 Å². The molecule has 0 aliphatic carbocycles. The second-order valence-corrected chi connectivity index (χ2v) is 7.53. The normalized spacial score (nSPS) is 16.9. The molecule has 0 saturated carbocycles. The number of aromatic nitrogens is 1. The van der Waals surface area contributed by atoms with Gasteiger partial charge in [-0.25, -0.2) is 9.37 Å². The van der Waals surface area contributed by atoms with E-state index in [-0.39, 0.29) is 17.5 Å². The number of hydrogen-bond acceptors (Lipinski definition) is 4. The van der Waals surface area contributed by atoms with Crippen molar-refractivity contribution in [1.29, 1.82) is 0 Å². The molecule has 4 rings (SSSR count). The van der Waals surface area contributed by atoms with Crippen LogP contribution in [0.25, 0.3) is 10.2 Å². The number of fused-ring (bicyclic) bond motifs is 1. The Balaban J connectivity index is 1.75. The summed E-state index contributed by atoms with van der Waals surface area (Å²) in [4.78, 5) is 19.1. The third-order valence-corrected chi connectivity index (χ3v) is 5.72. The Bertz CT molecular complexity index is 956. The number of halogens is 2. The van der Waals surface area contributed by atoms with Crippen molar-refractivity contribution >= 4 is 44.2 Å². The summed E-state index contributed by atoms with van der Waals surface area (Å²) in [5.74, 6) is -0.655. The molecular formula is C19H16ClFN2O2S. The maximum absolute atomic E-state index is 14.1. The van der Waals surface area contributed by atoms with Crippen molar-refractivity contribution in [3.63, 3.8) is 0 Å². The highest BCUT2D eigenvalue weighted by atomic mass is 35.5. The molecule has 4 nitrogen and oxygen atoms in total. The lowest BCUT2D eigenvalue weighted by molar-refractivity contribution is 0.0917. The second-order valence-electron chi connectivity index (χ2n) is 6.11. The number of anilines is 1. The summed E-state index contributed by atoms with van der Waals surface area (Å²) in [5.41, 5.74) is 0.670. The molecule has 2 heterocycles. The van der Waals surface area contributed by atoms with Crippen LogP contribution in [0.1, 0.15) is 23.2 Å². The van der Waals surface area contributed by atoms with Crippen LogP contribution in [0.4, 0.5) is 9.52 Å². The van der Waals surface area contributed by atoms with Crippen LogP contribution in [0.2, 0.25) is 5.02 Å². The van der Waals surface area contributed by atoms with Gasteiger partial charge in [-0.05, 0) is 37.1 Å². The van der Waals surface area contributed by atoms with E-state index in [4.69, 9.17) is 16.3 Å². The Hall–Kier alpha value is -2.02. The van der Waals surface area contributed by atoms with Gasteiger partial charge in [-0.3, -0.25) is 9.69 Å². The molecule has 7 heteroatoms. The minimum atomic E-state index is -0.396. The molecule has 1 amide bonds. The zero-order valence-electron chi connectivity index (χ0n) is 13.8. The maximum atomic E-state index is 14.1. The maximum Gasteiger partial charge on any atom is 0.261 e. The molecule has 1 aliphatic heterocycles. The van der Waals surface area contributed by atoms with Crippen molar-refractivity contribution in [1.82, 2.24) is 4.98 Å². The number of rotatable bonds is 4. The van der Waals surface area contributed by atoms with Crippen LogP contribution in [0, 0.1) is 5.82 Å².